The molecule has 296 valence electrons. The van der Waals surface area contributed by atoms with Gasteiger partial charge in [0.2, 0.25) is 6.33 Å². The Morgan fingerprint density at radius 3 is 2.21 bits per heavy atom. The van der Waals surface area contributed by atoms with E-state index in [1.165, 1.54) is 4.57 Å². The van der Waals surface area contributed by atoms with Crippen molar-refractivity contribution in [1.29, 1.82) is 0 Å². The predicted molar refractivity (Wildman–Crippen MR) is 247 cm³/mol. The van der Waals surface area contributed by atoms with Crippen LogP contribution < -0.4 is 40.1 Å². The van der Waals surface area contributed by atoms with E-state index < -0.39 is 6.98 Å². The molecule has 10 aromatic rings. The summed E-state index contributed by atoms with van der Waals surface area (Å²) in [7, 11) is 0. The Kier molecular flexibility index (Phi) is 6.53. The molecule has 3 aliphatic rings. The lowest BCUT2D eigenvalue weighted by molar-refractivity contribution is -0.649. The summed E-state index contributed by atoms with van der Waals surface area (Å²) in [6, 6.07) is 50.7. The van der Waals surface area contributed by atoms with Crippen molar-refractivity contribution in [2.45, 2.75) is 26.2 Å². The molecule has 8 nitrogen and oxygen atoms in total. The number of nitrogens with zero attached hydrogens (tertiary/aromatic N) is 5. The number of ether oxygens (including phenoxy) is 3. The summed E-state index contributed by atoms with van der Waals surface area (Å²) in [6.45, 7) is 4.10. The first-order valence-electron chi connectivity index (χ1n) is 22.3. The summed E-state index contributed by atoms with van der Waals surface area (Å²) in [5, 5.41) is 1.93. The Bertz CT molecular complexity index is 3630. The van der Waals surface area contributed by atoms with E-state index in [4.69, 9.17) is 23.3 Å². The second-order valence-corrected chi connectivity index (χ2v) is 17.2. The molecule has 0 spiro atoms. The van der Waals surface area contributed by atoms with Crippen molar-refractivity contribution in [2.75, 3.05) is 4.90 Å². The minimum atomic E-state index is -2.40. The lowest BCUT2D eigenvalue weighted by atomic mass is 9.33. The fourth-order valence-corrected chi connectivity index (χ4v) is 9.82. The summed E-state index contributed by atoms with van der Waals surface area (Å²) in [4.78, 5) is 7.33. The van der Waals surface area contributed by atoms with Crippen LogP contribution in [-0.2, 0) is 12.4 Å². The van der Waals surface area contributed by atoms with Gasteiger partial charge in [0.15, 0.2) is 0 Å². The number of anilines is 3. The van der Waals surface area contributed by atoms with Gasteiger partial charge in [0.25, 0.3) is 6.71 Å². The van der Waals surface area contributed by atoms with E-state index in [0.717, 1.165) is 95.2 Å². The van der Waals surface area contributed by atoms with E-state index in [-0.39, 0.29) is 12.1 Å². The van der Waals surface area contributed by atoms with Crippen molar-refractivity contribution in [3.8, 4) is 46.0 Å². The lowest BCUT2D eigenvalue weighted by Crippen LogP contribution is -2.61. The van der Waals surface area contributed by atoms with Crippen LogP contribution in [0, 0.1) is 6.33 Å². The summed E-state index contributed by atoms with van der Waals surface area (Å²) < 4.78 is 50.5. The average molecular weight is 807 g/mol. The molecule has 0 N–H and O–H groups in total. The zero-order chi connectivity index (χ0) is 43.9. The molecule has 9 heteroatoms. The number of hydrogen-bond donors (Lipinski definition) is 0. The standard InChI is InChI=1S/C53H38BN5O3/c1-53(2,3)32-25-26-55-47(27-32)59-42-29-36(60-35-16-10-15-34(28-35)57-31-56(4)38-17-8-9-18-39(38)57)23-24-37(42)48-43(59)30-46-51-52(48)62-45-22-12-20-41-50(45)54(51)49-40(19-11-21-44(49)61-46)58(41)33-13-6-5-7-14-33/h5-30H,1-4H3/i4D3. The number of aryl methyl sites for hydroxylation is 1. The molecule has 62 heavy (non-hydrogen) atoms. The van der Waals surface area contributed by atoms with Crippen LogP contribution in [0.3, 0.4) is 0 Å². The third kappa shape index (κ3) is 4.96. The van der Waals surface area contributed by atoms with Gasteiger partial charge in [-0.25, -0.2) is 4.98 Å². The maximum Gasteiger partial charge on any atom is 0.266 e. The largest absolute Gasteiger partial charge is 0.458 e. The van der Waals surface area contributed by atoms with Gasteiger partial charge in [-0.05, 0) is 94.7 Å². The molecular formula is C53H38BN5O3. The van der Waals surface area contributed by atoms with E-state index in [1.807, 2.05) is 60.8 Å². The molecule has 3 aromatic heterocycles. The maximum atomic E-state index is 8.15. The molecule has 0 saturated carbocycles. The molecule has 0 aliphatic carbocycles. The highest BCUT2D eigenvalue weighted by molar-refractivity contribution is 7.00. The van der Waals surface area contributed by atoms with Crippen LogP contribution in [0.2, 0.25) is 0 Å². The summed E-state index contributed by atoms with van der Waals surface area (Å²) in [5.41, 5.74) is 11.3. The molecule has 0 radical (unpaired) electrons. The molecule has 0 saturated heterocycles. The van der Waals surface area contributed by atoms with Crippen molar-refractivity contribution in [3.63, 3.8) is 0 Å². The average Bonchev–Trinajstić information content (AvgIpc) is 3.86. The minimum absolute atomic E-state index is 0.121. The smallest absolute Gasteiger partial charge is 0.266 e. The number of fused-ring (bicyclic) bond motifs is 5. The molecule has 0 fully saturated rings. The van der Waals surface area contributed by atoms with Crippen molar-refractivity contribution in [3.05, 3.63) is 170 Å². The van der Waals surface area contributed by atoms with Gasteiger partial charge in [0.05, 0.1) is 44.2 Å². The first-order valence-corrected chi connectivity index (χ1v) is 20.8. The highest BCUT2D eigenvalue weighted by Gasteiger charge is 2.48. The first kappa shape index (κ1) is 32.1. The lowest BCUT2D eigenvalue weighted by Gasteiger charge is -2.42. The molecule has 0 unspecified atom stereocenters. The molecule has 6 heterocycles. The number of imidazole rings is 1. The number of aromatic nitrogens is 4. The molecule has 0 bridgehead atoms. The summed E-state index contributed by atoms with van der Waals surface area (Å²) in [6.07, 6.45) is 4.94. The second kappa shape index (κ2) is 12.6. The Balaban J connectivity index is 1.01. The number of benzene rings is 7. The number of para-hydroxylation sites is 3. The number of pyridine rings is 1. The molecule has 0 atom stereocenters. The topological polar surface area (TPSA) is 57.6 Å². The number of rotatable bonds is 5. The summed E-state index contributed by atoms with van der Waals surface area (Å²) in [5.74, 6) is 5.09. The Morgan fingerprint density at radius 1 is 0.661 bits per heavy atom. The van der Waals surface area contributed by atoms with Crippen LogP contribution in [0.1, 0.15) is 30.4 Å². The van der Waals surface area contributed by atoms with E-state index in [0.29, 0.717) is 22.7 Å². The third-order valence-corrected chi connectivity index (χ3v) is 12.6. The second-order valence-electron chi connectivity index (χ2n) is 17.2. The SMILES string of the molecule is [2H]C([2H])([2H])[n+]1[c-]n(-c2cccc(Oc3ccc4c5c6c7c(cc5n(-c5cc(C(C)(C)C)ccn5)c4c3)Oc3cccc4c3B7c3c(cccc3N4c3ccccc3)O6)c2)c2ccccc21. The fraction of sp³-hybridized carbons (Fsp3) is 0.0943. The molecular weight excluding hydrogens is 765 g/mol. The molecule has 7 aromatic carbocycles. The van der Waals surface area contributed by atoms with Gasteiger partial charge >= 0.3 is 0 Å². The van der Waals surface area contributed by atoms with Crippen LogP contribution in [0.4, 0.5) is 17.1 Å². The predicted octanol–water partition coefficient (Wildman–Crippen LogP) is 10.3. The molecule has 13 rings (SSSR count). The van der Waals surface area contributed by atoms with E-state index in [9.17, 15) is 0 Å². The van der Waals surface area contributed by atoms with Crippen molar-refractivity contribution < 1.29 is 22.9 Å². The third-order valence-electron chi connectivity index (χ3n) is 12.6. The molecule has 3 aliphatic heterocycles. The number of hydrogen-bond acceptors (Lipinski definition) is 5. The van der Waals surface area contributed by atoms with Gasteiger partial charge in [0, 0.05) is 46.2 Å². The van der Waals surface area contributed by atoms with Gasteiger partial charge in [-0.2, -0.15) is 0 Å². The highest BCUT2D eigenvalue weighted by Crippen LogP contribution is 2.49. The van der Waals surface area contributed by atoms with Gasteiger partial charge in [-0.15, -0.1) is 0 Å². The van der Waals surface area contributed by atoms with Crippen molar-refractivity contribution in [2.24, 2.45) is 6.98 Å². The quantitative estimate of drug-likeness (QED) is 0.0985. The minimum Gasteiger partial charge on any atom is -0.458 e. The first-order chi connectivity index (χ1) is 31.5. The Labute approximate surface area is 362 Å². The monoisotopic (exact) mass is 806 g/mol. The van der Waals surface area contributed by atoms with Crippen LogP contribution >= 0.6 is 0 Å². The summed E-state index contributed by atoms with van der Waals surface area (Å²) >= 11 is 0. The van der Waals surface area contributed by atoms with E-state index in [2.05, 4.69) is 128 Å². The molecule has 0 amide bonds. The normalized spacial score (nSPS) is 14.3. The van der Waals surface area contributed by atoms with Gasteiger partial charge in [-0.3, -0.25) is 4.57 Å². The Morgan fingerprint density at radius 2 is 1.40 bits per heavy atom. The van der Waals surface area contributed by atoms with Crippen LogP contribution in [0.15, 0.2) is 158 Å². The highest BCUT2D eigenvalue weighted by atomic mass is 16.5. The zero-order valence-electron chi connectivity index (χ0n) is 37.0. The van der Waals surface area contributed by atoms with Gasteiger partial charge in [-0.1, -0.05) is 87.5 Å². The van der Waals surface area contributed by atoms with E-state index >= 15 is 0 Å². The van der Waals surface area contributed by atoms with Crippen molar-refractivity contribution in [1.82, 2.24) is 14.1 Å². The fourth-order valence-electron chi connectivity index (χ4n) is 9.82. The van der Waals surface area contributed by atoms with Crippen LogP contribution in [-0.4, -0.2) is 20.8 Å². The zero-order valence-corrected chi connectivity index (χ0v) is 34.0. The van der Waals surface area contributed by atoms with Gasteiger partial charge < -0.3 is 28.2 Å². The van der Waals surface area contributed by atoms with Crippen LogP contribution in [0.5, 0.6) is 34.5 Å². The van der Waals surface area contributed by atoms with Crippen LogP contribution in [0.25, 0.3) is 44.3 Å². The van der Waals surface area contributed by atoms with E-state index in [1.54, 1.807) is 10.6 Å². The van der Waals surface area contributed by atoms with Crippen molar-refractivity contribution >= 4 is 73.0 Å². The maximum absolute atomic E-state index is 8.15. The van der Waals surface area contributed by atoms with Gasteiger partial charge in [0.1, 0.15) is 40.3 Å². The Hall–Kier alpha value is -7.78.